The molecule has 0 bridgehead atoms. The number of fused-ring (bicyclic) bond motifs is 1. The minimum atomic E-state index is -0.388. The molecule has 0 radical (unpaired) electrons. The smallest absolute Gasteiger partial charge is 0.170 e. The Morgan fingerprint density at radius 2 is 1.67 bits per heavy atom. The monoisotopic (exact) mass is 368 g/mol. The third-order valence-corrected chi connectivity index (χ3v) is 4.46. The van der Waals surface area contributed by atoms with Crippen molar-refractivity contribution in [3.8, 4) is 23.0 Å². The number of ether oxygens (including phenoxy) is 4. The van der Waals surface area contributed by atoms with Gasteiger partial charge in [0.25, 0.3) is 0 Å². The highest BCUT2D eigenvalue weighted by atomic mass is 16.5. The van der Waals surface area contributed by atoms with Gasteiger partial charge in [-0.2, -0.15) is 0 Å². The molecule has 142 valence electrons. The lowest BCUT2D eigenvalue weighted by Crippen LogP contribution is -2.27. The van der Waals surface area contributed by atoms with Gasteiger partial charge in [0.2, 0.25) is 0 Å². The Morgan fingerprint density at radius 3 is 2.26 bits per heavy atom. The summed E-state index contributed by atoms with van der Waals surface area (Å²) in [6.45, 7) is 3.96. The van der Waals surface area contributed by atoms with Gasteiger partial charge in [0.15, 0.2) is 5.78 Å². The molecule has 0 atom stereocenters. The quantitative estimate of drug-likeness (QED) is 0.711. The van der Waals surface area contributed by atoms with Crippen LogP contribution in [0.3, 0.4) is 0 Å². The lowest BCUT2D eigenvalue weighted by molar-refractivity contribution is 0.0989. The van der Waals surface area contributed by atoms with Crippen LogP contribution >= 0.6 is 0 Å². The van der Waals surface area contributed by atoms with Crippen molar-refractivity contribution in [1.82, 2.24) is 0 Å². The molecule has 0 fully saturated rings. The molecule has 0 N–H and O–H groups in total. The second-order valence-corrected chi connectivity index (χ2v) is 6.92. The van der Waals surface area contributed by atoms with Crippen molar-refractivity contribution in [3.63, 3.8) is 0 Å². The first-order chi connectivity index (χ1) is 12.9. The molecule has 0 unspecified atom stereocenters. The summed E-state index contributed by atoms with van der Waals surface area (Å²) in [5.41, 5.74) is 1.72. The SMILES string of the molecule is COc1cc(CC(=O)c2ccc3c(c2OC)C=CC(C)(C)O3)cc(OC)c1. The largest absolute Gasteiger partial charge is 0.497 e. The second-order valence-electron chi connectivity index (χ2n) is 6.92. The van der Waals surface area contributed by atoms with E-state index < -0.39 is 0 Å². The molecule has 1 aliphatic heterocycles. The fraction of sp³-hybridized carbons (Fsp3) is 0.318. The molecule has 5 heteroatoms. The standard InChI is InChI=1S/C22H24O5/c1-22(2)9-8-18-20(27-22)7-6-17(21(18)26-5)19(23)12-14-10-15(24-3)13-16(11-14)25-4/h6-11,13H,12H2,1-5H3. The topological polar surface area (TPSA) is 54.0 Å². The fourth-order valence-corrected chi connectivity index (χ4v) is 3.12. The number of carbonyl (C=O) groups is 1. The molecule has 5 nitrogen and oxygen atoms in total. The molecule has 0 spiro atoms. The molecule has 0 saturated carbocycles. The highest BCUT2D eigenvalue weighted by molar-refractivity contribution is 6.01. The van der Waals surface area contributed by atoms with Crippen LogP contribution in [0.5, 0.6) is 23.0 Å². The summed E-state index contributed by atoms with van der Waals surface area (Å²) in [4.78, 5) is 13.0. The Bertz CT molecular complexity index is 874. The lowest BCUT2D eigenvalue weighted by atomic mass is 9.96. The van der Waals surface area contributed by atoms with Crippen LogP contribution in [0, 0.1) is 0 Å². The minimum absolute atomic E-state index is 0.0526. The number of benzene rings is 2. The van der Waals surface area contributed by atoms with Crippen molar-refractivity contribution in [3.05, 3.63) is 53.1 Å². The fourth-order valence-electron chi connectivity index (χ4n) is 3.12. The summed E-state index contributed by atoms with van der Waals surface area (Å²) >= 11 is 0. The number of hydrogen-bond donors (Lipinski definition) is 0. The first kappa shape index (κ1) is 18.8. The van der Waals surface area contributed by atoms with E-state index in [1.165, 1.54) is 0 Å². The van der Waals surface area contributed by atoms with Gasteiger partial charge >= 0.3 is 0 Å². The van der Waals surface area contributed by atoms with Crippen LogP contribution in [-0.4, -0.2) is 32.7 Å². The average molecular weight is 368 g/mol. The van der Waals surface area contributed by atoms with E-state index in [0.29, 0.717) is 28.6 Å². The van der Waals surface area contributed by atoms with Gasteiger partial charge in [-0.15, -0.1) is 0 Å². The Hall–Kier alpha value is -2.95. The van der Waals surface area contributed by atoms with E-state index in [9.17, 15) is 4.79 Å². The number of carbonyl (C=O) groups excluding carboxylic acids is 1. The van der Waals surface area contributed by atoms with E-state index in [-0.39, 0.29) is 17.8 Å². The highest BCUT2D eigenvalue weighted by Crippen LogP contribution is 2.39. The summed E-state index contributed by atoms with van der Waals surface area (Å²) in [6, 6.07) is 9.01. The van der Waals surface area contributed by atoms with Crippen LogP contribution < -0.4 is 18.9 Å². The third kappa shape index (κ3) is 3.92. The average Bonchev–Trinajstić information content (AvgIpc) is 2.65. The molecule has 1 heterocycles. The van der Waals surface area contributed by atoms with E-state index >= 15 is 0 Å². The number of Topliss-reactive ketones (excluding diaryl/α,β-unsaturated/α-hetero) is 1. The van der Waals surface area contributed by atoms with E-state index in [4.69, 9.17) is 18.9 Å². The maximum atomic E-state index is 13.0. The summed E-state index contributed by atoms with van der Waals surface area (Å²) in [7, 11) is 4.73. The Balaban J connectivity index is 1.94. The molecular formula is C22H24O5. The predicted octanol–water partition coefficient (Wildman–Crippen LogP) is 4.32. The molecule has 27 heavy (non-hydrogen) atoms. The summed E-state index contributed by atoms with van der Waals surface area (Å²) < 4.78 is 22.1. The van der Waals surface area contributed by atoms with Crippen molar-refractivity contribution >= 4 is 11.9 Å². The van der Waals surface area contributed by atoms with Crippen molar-refractivity contribution in [2.24, 2.45) is 0 Å². The van der Waals surface area contributed by atoms with Gasteiger partial charge in [0.1, 0.15) is 28.6 Å². The lowest BCUT2D eigenvalue weighted by Gasteiger charge is -2.29. The molecule has 2 aromatic carbocycles. The van der Waals surface area contributed by atoms with Crippen LogP contribution in [0.15, 0.2) is 36.4 Å². The van der Waals surface area contributed by atoms with E-state index in [2.05, 4.69) is 0 Å². The van der Waals surface area contributed by atoms with Gasteiger partial charge in [0, 0.05) is 12.5 Å². The molecule has 0 aliphatic carbocycles. The normalized spacial score (nSPS) is 14.1. The number of hydrogen-bond acceptors (Lipinski definition) is 5. The molecule has 0 aromatic heterocycles. The number of methoxy groups -OCH3 is 3. The maximum Gasteiger partial charge on any atom is 0.170 e. The van der Waals surface area contributed by atoms with Crippen molar-refractivity contribution < 1.29 is 23.7 Å². The first-order valence-corrected chi connectivity index (χ1v) is 8.71. The maximum absolute atomic E-state index is 13.0. The zero-order chi connectivity index (χ0) is 19.6. The van der Waals surface area contributed by atoms with Gasteiger partial charge in [-0.25, -0.2) is 0 Å². The molecule has 3 rings (SSSR count). The van der Waals surface area contributed by atoms with Gasteiger partial charge in [-0.3, -0.25) is 4.79 Å². The number of ketones is 1. The van der Waals surface area contributed by atoms with E-state index in [1.807, 2.05) is 44.2 Å². The van der Waals surface area contributed by atoms with Crippen LogP contribution in [0.25, 0.3) is 6.08 Å². The molecule has 0 saturated heterocycles. The molecule has 0 amide bonds. The minimum Gasteiger partial charge on any atom is -0.497 e. The third-order valence-electron chi connectivity index (χ3n) is 4.46. The van der Waals surface area contributed by atoms with Gasteiger partial charge in [-0.05, 0) is 55.8 Å². The van der Waals surface area contributed by atoms with Crippen LogP contribution in [-0.2, 0) is 6.42 Å². The van der Waals surface area contributed by atoms with Gasteiger partial charge < -0.3 is 18.9 Å². The Kier molecular flexibility index (Phi) is 5.13. The second kappa shape index (κ2) is 7.35. The zero-order valence-corrected chi connectivity index (χ0v) is 16.3. The van der Waals surface area contributed by atoms with Crippen LogP contribution in [0.1, 0.15) is 35.3 Å². The van der Waals surface area contributed by atoms with Gasteiger partial charge in [0.05, 0.1) is 32.5 Å². The van der Waals surface area contributed by atoms with Gasteiger partial charge in [-0.1, -0.05) is 0 Å². The van der Waals surface area contributed by atoms with Crippen LogP contribution in [0.4, 0.5) is 0 Å². The highest BCUT2D eigenvalue weighted by Gasteiger charge is 2.26. The van der Waals surface area contributed by atoms with Crippen molar-refractivity contribution in [1.29, 1.82) is 0 Å². The van der Waals surface area contributed by atoms with Crippen molar-refractivity contribution in [2.75, 3.05) is 21.3 Å². The molecular weight excluding hydrogens is 344 g/mol. The zero-order valence-electron chi connectivity index (χ0n) is 16.3. The van der Waals surface area contributed by atoms with Crippen molar-refractivity contribution in [2.45, 2.75) is 25.9 Å². The summed E-state index contributed by atoms with van der Waals surface area (Å²) in [5.74, 6) is 2.47. The van der Waals surface area contributed by atoms with Crippen LogP contribution in [0.2, 0.25) is 0 Å². The van der Waals surface area contributed by atoms with E-state index in [0.717, 1.165) is 11.1 Å². The summed E-state index contributed by atoms with van der Waals surface area (Å²) in [5, 5.41) is 0. The molecule has 2 aromatic rings. The number of rotatable bonds is 6. The summed E-state index contributed by atoms with van der Waals surface area (Å²) in [6.07, 6.45) is 4.11. The van der Waals surface area contributed by atoms with E-state index in [1.54, 1.807) is 33.5 Å². The predicted molar refractivity (Wildman–Crippen MR) is 104 cm³/mol. The first-order valence-electron chi connectivity index (χ1n) is 8.71. The Morgan fingerprint density at radius 1 is 1.00 bits per heavy atom. The Labute approximate surface area is 159 Å². The molecule has 1 aliphatic rings.